The molecule has 10 aromatic rings. The molecule has 3 atom stereocenters. The molecule has 0 amide bonds. The lowest BCUT2D eigenvalue weighted by Gasteiger charge is -2.41. The van der Waals surface area contributed by atoms with Gasteiger partial charge in [-0.05, 0) is 99.4 Å². The molecule has 2 aliphatic heterocycles. The number of hydrogen-bond acceptors (Lipinski definition) is 2. The van der Waals surface area contributed by atoms with Gasteiger partial charge in [0.1, 0.15) is 11.2 Å². The Kier molecular flexibility index (Phi) is 6.55. The van der Waals surface area contributed by atoms with Gasteiger partial charge in [-0.3, -0.25) is 4.90 Å². The standard InChI is InChI=1S/C55H38N2O/c1-56-47(35-17-6-3-7-18-35)24-14-25-48(56)37-28-30-39-38-29-27-36(34-15-4-2-5-16-34)31-44(38)55(45(39)32-37)43-21-10-12-23-50(43)57-49-22-11-8-20-41(49)52-53(57)46(55)33-42-40-19-9-13-26-51(40)58-54(42)52/h2-24,26-33,47-48H,25H2,1H3. The number of rotatable bonds is 3. The van der Waals surface area contributed by atoms with Crippen LogP contribution in [0.15, 0.2) is 192 Å². The van der Waals surface area contributed by atoms with Gasteiger partial charge >= 0.3 is 0 Å². The van der Waals surface area contributed by atoms with Gasteiger partial charge in [0.2, 0.25) is 0 Å². The van der Waals surface area contributed by atoms with Crippen molar-refractivity contribution >= 4 is 43.7 Å². The molecule has 1 aliphatic carbocycles. The fourth-order valence-corrected chi connectivity index (χ4v) is 11.1. The summed E-state index contributed by atoms with van der Waals surface area (Å²) < 4.78 is 9.42. The summed E-state index contributed by atoms with van der Waals surface area (Å²) in [6.45, 7) is 0. The van der Waals surface area contributed by atoms with Crippen LogP contribution in [-0.4, -0.2) is 16.5 Å². The molecule has 0 bridgehead atoms. The molecule has 1 spiro atoms. The Morgan fingerprint density at radius 1 is 0.552 bits per heavy atom. The highest BCUT2D eigenvalue weighted by molar-refractivity contribution is 6.26. The van der Waals surface area contributed by atoms with E-state index in [1.54, 1.807) is 0 Å². The van der Waals surface area contributed by atoms with Crippen LogP contribution < -0.4 is 0 Å². The zero-order valence-corrected chi connectivity index (χ0v) is 32.1. The first-order valence-corrected chi connectivity index (χ1v) is 20.5. The highest BCUT2D eigenvalue weighted by Crippen LogP contribution is 2.63. The zero-order chi connectivity index (χ0) is 38.1. The molecule has 3 aliphatic rings. The highest BCUT2D eigenvalue weighted by atomic mass is 16.3. The lowest BCUT2D eigenvalue weighted by Crippen LogP contribution is -2.34. The Morgan fingerprint density at radius 2 is 1.26 bits per heavy atom. The van der Waals surface area contributed by atoms with Crippen molar-refractivity contribution in [3.63, 3.8) is 0 Å². The van der Waals surface area contributed by atoms with Crippen LogP contribution in [0.1, 0.15) is 51.9 Å². The molecule has 0 saturated carbocycles. The third-order valence-electron chi connectivity index (χ3n) is 13.6. The van der Waals surface area contributed by atoms with Crippen LogP contribution in [-0.2, 0) is 5.41 Å². The summed E-state index contributed by atoms with van der Waals surface area (Å²) in [4.78, 5) is 2.56. The van der Waals surface area contributed by atoms with E-state index in [2.05, 4.69) is 205 Å². The van der Waals surface area contributed by atoms with Crippen molar-refractivity contribution in [3.05, 3.63) is 221 Å². The predicted molar refractivity (Wildman–Crippen MR) is 238 cm³/mol. The molecule has 0 radical (unpaired) electrons. The van der Waals surface area contributed by atoms with E-state index in [-0.39, 0.29) is 12.1 Å². The average Bonchev–Trinajstić information content (AvgIpc) is 3.93. The molecule has 3 nitrogen and oxygen atoms in total. The maximum absolute atomic E-state index is 6.90. The second kappa shape index (κ2) is 11.8. The molecule has 0 N–H and O–H groups in total. The van der Waals surface area contributed by atoms with Crippen molar-refractivity contribution in [2.24, 2.45) is 0 Å². The SMILES string of the molecule is CN1C(c2ccccc2)C=CCC1c1ccc2c(c1)C1(c3cc(-c4ccccc4)ccc3-2)c2ccccc2-n2c3ccccc3c3c4oc5ccccc5c4cc1c32. The average molecular weight is 743 g/mol. The molecule has 0 saturated heterocycles. The molecule has 274 valence electrons. The summed E-state index contributed by atoms with van der Waals surface area (Å²) in [7, 11) is 2.30. The van der Waals surface area contributed by atoms with Crippen molar-refractivity contribution in [1.82, 2.24) is 9.47 Å². The van der Waals surface area contributed by atoms with E-state index in [0.29, 0.717) is 0 Å². The second-order valence-electron chi connectivity index (χ2n) is 16.4. The second-order valence-corrected chi connectivity index (χ2v) is 16.4. The van der Waals surface area contributed by atoms with Gasteiger partial charge in [-0.1, -0.05) is 158 Å². The Morgan fingerprint density at radius 3 is 2.12 bits per heavy atom. The Bertz CT molecular complexity index is 3350. The van der Waals surface area contributed by atoms with Crippen LogP contribution in [0.5, 0.6) is 0 Å². The van der Waals surface area contributed by atoms with Crippen LogP contribution >= 0.6 is 0 Å². The van der Waals surface area contributed by atoms with Crippen LogP contribution in [0.25, 0.3) is 71.7 Å². The van der Waals surface area contributed by atoms with Gasteiger partial charge in [-0.25, -0.2) is 0 Å². The molecule has 3 unspecified atom stereocenters. The van der Waals surface area contributed by atoms with E-state index in [4.69, 9.17) is 4.42 Å². The Hall–Kier alpha value is -6.94. The summed E-state index contributed by atoms with van der Waals surface area (Å²) in [6.07, 6.45) is 5.72. The number of fused-ring (bicyclic) bond motifs is 16. The smallest absolute Gasteiger partial charge is 0.145 e. The number of para-hydroxylation sites is 3. The first-order chi connectivity index (χ1) is 28.7. The summed E-state index contributed by atoms with van der Waals surface area (Å²) >= 11 is 0. The lowest BCUT2D eigenvalue weighted by molar-refractivity contribution is 0.193. The van der Waals surface area contributed by atoms with Crippen LogP contribution in [0.3, 0.4) is 0 Å². The monoisotopic (exact) mass is 742 g/mol. The van der Waals surface area contributed by atoms with E-state index in [9.17, 15) is 0 Å². The minimum atomic E-state index is -0.612. The van der Waals surface area contributed by atoms with Gasteiger partial charge in [-0.15, -0.1) is 0 Å². The van der Waals surface area contributed by atoms with E-state index in [0.717, 1.165) is 28.4 Å². The number of nitrogens with zero attached hydrogens (tertiary/aromatic N) is 2. The van der Waals surface area contributed by atoms with Gasteiger partial charge in [0.15, 0.2) is 0 Å². The minimum absolute atomic E-state index is 0.204. The third kappa shape index (κ3) is 4.11. The van der Waals surface area contributed by atoms with Gasteiger partial charge in [-0.2, -0.15) is 0 Å². The molecular formula is C55H38N2O. The quantitative estimate of drug-likeness (QED) is 0.168. The molecular weight excluding hydrogens is 705 g/mol. The maximum atomic E-state index is 6.90. The van der Waals surface area contributed by atoms with E-state index >= 15 is 0 Å². The summed E-state index contributed by atoms with van der Waals surface area (Å²) in [5.74, 6) is 0. The van der Waals surface area contributed by atoms with Gasteiger partial charge in [0.25, 0.3) is 0 Å². The molecule has 13 rings (SSSR count). The molecule has 4 heterocycles. The zero-order valence-electron chi connectivity index (χ0n) is 32.1. The van der Waals surface area contributed by atoms with Crippen LogP contribution in [0.2, 0.25) is 0 Å². The fraction of sp³-hybridized carbons (Fsp3) is 0.0909. The topological polar surface area (TPSA) is 21.3 Å². The molecule has 0 fully saturated rings. The van der Waals surface area contributed by atoms with Gasteiger partial charge < -0.3 is 8.98 Å². The van der Waals surface area contributed by atoms with E-state index in [1.807, 2.05) is 0 Å². The number of benzene rings is 8. The van der Waals surface area contributed by atoms with Gasteiger partial charge in [0.05, 0.1) is 33.6 Å². The number of furan rings is 1. The first-order valence-electron chi connectivity index (χ1n) is 20.5. The first kappa shape index (κ1) is 32.2. The predicted octanol–water partition coefficient (Wildman–Crippen LogP) is 13.7. The number of likely N-dealkylation sites (N-methyl/N-ethyl adjacent to an activating group) is 1. The molecule has 3 heteroatoms. The molecule has 8 aromatic carbocycles. The number of aromatic nitrogens is 1. The van der Waals surface area contributed by atoms with Gasteiger partial charge in [0, 0.05) is 22.2 Å². The Labute approximate surface area is 336 Å². The number of hydrogen-bond donors (Lipinski definition) is 0. The summed E-state index contributed by atoms with van der Waals surface area (Å²) in [5.41, 5.74) is 17.9. The van der Waals surface area contributed by atoms with Crippen molar-refractivity contribution in [2.75, 3.05) is 7.05 Å². The molecule has 58 heavy (non-hydrogen) atoms. The van der Waals surface area contributed by atoms with Crippen molar-refractivity contribution in [3.8, 4) is 27.9 Å². The lowest BCUT2D eigenvalue weighted by atomic mass is 9.64. The fourth-order valence-electron chi connectivity index (χ4n) is 11.1. The normalized spacial score (nSPS) is 19.3. The van der Waals surface area contributed by atoms with E-state index in [1.165, 1.54) is 83.1 Å². The minimum Gasteiger partial charge on any atom is -0.455 e. The Balaban J connectivity index is 1.18. The highest BCUT2D eigenvalue weighted by Gasteiger charge is 2.52. The third-order valence-corrected chi connectivity index (χ3v) is 13.6. The summed E-state index contributed by atoms with van der Waals surface area (Å²) in [6, 6.07) is 66.0. The summed E-state index contributed by atoms with van der Waals surface area (Å²) in [5, 5.41) is 4.70. The van der Waals surface area contributed by atoms with Crippen LogP contribution in [0.4, 0.5) is 0 Å². The van der Waals surface area contributed by atoms with Crippen molar-refractivity contribution in [1.29, 1.82) is 0 Å². The van der Waals surface area contributed by atoms with Crippen molar-refractivity contribution in [2.45, 2.75) is 23.9 Å². The maximum Gasteiger partial charge on any atom is 0.145 e. The van der Waals surface area contributed by atoms with Crippen LogP contribution in [0, 0.1) is 0 Å². The largest absolute Gasteiger partial charge is 0.455 e. The van der Waals surface area contributed by atoms with Crippen molar-refractivity contribution < 1.29 is 4.42 Å². The molecule has 2 aromatic heterocycles. The van der Waals surface area contributed by atoms with E-state index < -0.39 is 5.41 Å².